The Kier molecular flexibility index (Phi) is 9.34. The fraction of sp³-hybridized carbons (Fsp3) is 0.438. The third-order valence-electron chi connectivity index (χ3n) is 7.93. The molecule has 1 saturated heterocycles. The molecule has 4 aromatic rings. The second kappa shape index (κ2) is 13.3. The molecule has 0 saturated carbocycles. The first kappa shape index (κ1) is 29.5. The first-order chi connectivity index (χ1) is 20.4. The first-order valence-electron chi connectivity index (χ1n) is 14.8. The minimum absolute atomic E-state index is 0.00633. The Morgan fingerprint density at radius 3 is 2.74 bits per heavy atom. The van der Waals surface area contributed by atoms with Gasteiger partial charge in [0.2, 0.25) is 5.91 Å². The predicted molar refractivity (Wildman–Crippen MR) is 163 cm³/mol. The normalized spacial score (nSPS) is 15.5. The summed E-state index contributed by atoms with van der Waals surface area (Å²) >= 11 is 0. The second-order valence-corrected chi connectivity index (χ2v) is 11.0. The summed E-state index contributed by atoms with van der Waals surface area (Å²) in [6.07, 6.45) is 3.88. The van der Waals surface area contributed by atoms with Gasteiger partial charge in [-0.2, -0.15) is 0 Å². The van der Waals surface area contributed by atoms with Crippen LogP contribution in [0.1, 0.15) is 54.4 Å². The Morgan fingerprint density at radius 2 is 1.98 bits per heavy atom. The van der Waals surface area contributed by atoms with E-state index in [-0.39, 0.29) is 12.5 Å². The van der Waals surface area contributed by atoms with Gasteiger partial charge in [0.1, 0.15) is 11.3 Å². The Morgan fingerprint density at radius 1 is 1.14 bits per heavy atom. The number of carbonyl (C=O) groups is 2. The molecule has 1 aliphatic rings. The number of nitrogens with two attached hydrogens (primary N) is 1. The maximum absolute atomic E-state index is 13.6. The number of amides is 1. The van der Waals surface area contributed by atoms with Crippen LogP contribution in [0.25, 0.3) is 21.9 Å². The molecule has 10 nitrogen and oxygen atoms in total. The quantitative estimate of drug-likeness (QED) is 0.246. The third kappa shape index (κ3) is 6.55. The number of aryl methyl sites for hydroxylation is 2. The number of β-amino-alcohol motifs (C(OH)–C–C–N with tert-alkyl or cyclic N) is 1. The SMILES string of the molecule is CCCCc1nc2c(N)nc3ccccc3c2n1CCCN(Cc1cccc(C(=O)OC)c1)C(=O)CN1CC[C@@H](O)C1. The summed E-state index contributed by atoms with van der Waals surface area (Å²) < 4.78 is 7.14. The largest absolute Gasteiger partial charge is 0.465 e. The van der Waals surface area contributed by atoms with Crippen LogP contribution >= 0.6 is 0 Å². The summed E-state index contributed by atoms with van der Waals surface area (Å²) in [4.78, 5) is 39.1. The number of fused-ring (bicyclic) bond motifs is 3. The van der Waals surface area contributed by atoms with Crippen LogP contribution in [0.3, 0.4) is 0 Å². The molecule has 1 amide bonds. The highest BCUT2D eigenvalue weighted by Gasteiger charge is 2.25. The van der Waals surface area contributed by atoms with Crippen molar-refractivity contribution in [3.63, 3.8) is 0 Å². The number of para-hydroxylation sites is 1. The number of carbonyl (C=O) groups excluding carboxylic acids is 2. The lowest BCUT2D eigenvalue weighted by molar-refractivity contribution is -0.133. The Balaban J connectivity index is 1.40. The number of unbranched alkanes of at least 4 members (excludes halogenated alkanes) is 1. The molecule has 0 bridgehead atoms. The number of ether oxygens (including phenoxy) is 1. The van der Waals surface area contributed by atoms with Crippen LogP contribution in [0.4, 0.5) is 5.82 Å². The number of aliphatic hydroxyl groups excluding tert-OH is 1. The molecule has 0 radical (unpaired) electrons. The zero-order valence-electron chi connectivity index (χ0n) is 24.5. The van der Waals surface area contributed by atoms with Gasteiger partial charge in [-0.25, -0.2) is 14.8 Å². The molecule has 10 heteroatoms. The van der Waals surface area contributed by atoms with Crippen molar-refractivity contribution in [3.8, 4) is 0 Å². The van der Waals surface area contributed by atoms with E-state index in [1.54, 1.807) is 12.1 Å². The molecule has 1 atom stereocenters. The van der Waals surface area contributed by atoms with Gasteiger partial charge in [-0.1, -0.05) is 43.7 Å². The molecule has 3 N–H and O–H groups in total. The number of hydrogen-bond acceptors (Lipinski definition) is 8. The number of aromatic nitrogens is 3. The average molecular weight is 573 g/mol. The number of esters is 1. The van der Waals surface area contributed by atoms with E-state index in [9.17, 15) is 14.7 Å². The van der Waals surface area contributed by atoms with E-state index in [1.807, 2.05) is 40.1 Å². The third-order valence-corrected chi connectivity index (χ3v) is 7.93. The van der Waals surface area contributed by atoms with Crippen molar-refractivity contribution in [2.75, 3.05) is 39.0 Å². The molecule has 5 rings (SSSR count). The number of nitrogens with zero attached hydrogens (tertiary/aromatic N) is 5. The van der Waals surface area contributed by atoms with Gasteiger partial charge < -0.3 is 25.0 Å². The summed E-state index contributed by atoms with van der Waals surface area (Å²) in [6, 6.07) is 15.2. The Labute approximate surface area is 246 Å². The maximum Gasteiger partial charge on any atom is 0.337 e. The molecule has 42 heavy (non-hydrogen) atoms. The van der Waals surface area contributed by atoms with Crippen molar-refractivity contribution in [2.45, 2.75) is 58.2 Å². The van der Waals surface area contributed by atoms with Gasteiger partial charge >= 0.3 is 5.97 Å². The standard InChI is InChI=1S/C32H40N6O4/c1-3-4-13-27-35-29-30(25-11-5-6-12-26(25)34-31(29)33)38(27)16-8-15-37(28(40)21-36-17-14-24(39)20-36)19-22-9-7-10-23(18-22)32(41)42-2/h5-7,9-12,18,24,39H,3-4,8,13-17,19-21H2,1-2H3,(H2,33,34)/t24-/m1/s1. The highest BCUT2D eigenvalue weighted by atomic mass is 16.5. The summed E-state index contributed by atoms with van der Waals surface area (Å²) in [5.41, 5.74) is 10.2. The molecule has 0 unspecified atom stereocenters. The van der Waals surface area contributed by atoms with Crippen molar-refractivity contribution in [1.82, 2.24) is 24.3 Å². The average Bonchev–Trinajstić information content (AvgIpc) is 3.58. The second-order valence-electron chi connectivity index (χ2n) is 11.0. The molecule has 1 fully saturated rings. The van der Waals surface area contributed by atoms with Crippen molar-refractivity contribution < 1.29 is 19.4 Å². The molecule has 0 spiro atoms. The smallest absolute Gasteiger partial charge is 0.337 e. The van der Waals surface area contributed by atoms with E-state index in [1.165, 1.54) is 7.11 Å². The van der Waals surface area contributed by atoms with Crippen molar-refractivity contribution in [3.05, 3.63) is 65.5 Å². The maximum atomic E-state index is 13.6. The van der Waals surface area contributed by atoms with E-state index < -0.39 is 12.1 Å². The van der Waals surface area contributed by atoms with Crippen LogP contribution in [0.15, 0.2) is 48.5 Å². The van der Waals surface area contributed by atoms with Crippen LogP contribution in [-0.4, -0.2) is 80.7 Å². The summed E-state index contributed by atoms with van der Waals surface area (Å²) in [6.45, 7) is 5.16. The van der Waals surface area contributed by atoms with Gasteiger partial charge in [-0.15, -0.1) is 0 Å². The van der Waals surface area contributed by atoms with Crippen LogP contribution in [0, 0.1) is 0 Å². The lowest BCUT2D eigenvalue weighted by Crippen LogP contribution is -2.40. The number of rotatable bonds is 12. The zero-order chi connectivity index (χ0) is 29.6. The lowest BCUT2D eigenvalue weighted by Gasteiger charge is -2.26. The minimum Gasteiger partial charge on any atom is -0.465 e. The van der Waals surface area contributed by atoms with Crippen molar-refractivity contribution in [1.29, 1.82) is 0 Å². The van der Waals surface area contributed by atoms with E-state index in [4.69, 9.17) is 15.5 Å². The van der Waals surface area contributed by atoms with Crippen LogP contribution < -0.4 is 5.73 Å². The van der Waals surface area contributed by atoms with E-state index in [0.717, 1.165) is 52.6 Å². The molecule has 222 valence electrons. The van der Waals surface area contributed by atoms with Crippen molar-refractivity contribution in [2.24, 2.45) is 0 Å². The summed E-state index contributed by atoms with van der Waals surface area (Å²) in [5.74, 6) is 0.989. The number of pyridine rings is 1. The number of aliphatic hydroxyl groups is 1. The molecule has 3 heterocycles. The number of imidazole rings is 1. The Hall–Kier alpha value is -4.02. The molecular formula is C32H40N6O4. The van der Waals surface area contributed by atoms with E-state index >= 15 is 0 Å². The van der Waals surface area contributed by atoms with Crippen LogP contribution in [0.2, 0.25) is 0 Å². The van der Waals surface area contributed by atoms with Gasteiger partial charge in [-0.05, 0) is 43.0 Å². The fourth-order valence-corrected chi connectivity index (χ4v) is 5.77. The van der Waals surface area contributed by atoms with Gasteiger partial charge in [0, 0.05) is 44.5 Å². The predicted octanol–water partition coefficient (Wildman–Crippen LogP) is 3.78. The molecule has 2 aromatic carbocycles. The number of methoxy groups -OCH3 is 1. The molecule has 1 aliphatic heterocycles. The van der Waals surface area contributed by atoms with Crippen molar-refractivity contribution >= 4 is 39.6 Å². The highest BCUT2D eigenvalue weighted by Crippen LogP contribution is 2.29. The van der Waals surface area contributed by atoms with Gasteiger partial charge in [-0.3, -0.25) is 9.69 Å². The van der Waals surface area contributed by atoms with Gasteiger partial charge in [0.25, 0.3) is 0 Å². The summed E-state index contributed by atoms with van der Waals surface area (Å²) in [5, 5.41) is 11.0. The number of nitrogen functional groups attached to an aromatic ring is 1. The van der Waals surface area contributed by atoms with Crippen LogP contribution in [0.5, 0.6) is 0 Å². The van der Waals surface area contributed by atoms with Crippen LogP contribution in [-0.2, 0) is 29.0 Å². The number of benzene rings is 2. The molecule has 2 aromatic heterocycles. The minimum atomic E-state index is -0.409. The topological polar surface area (TPSA) is 127 Å². The van der Waals surface area contributed by atoms with Gasteiger partial charge in [0.15, 0.2) is 5.82 Å². The first-order valence-corrected chi connectivity index (χ1v) is 14.8. The number of hydrogen-bond donors (Lipinski definition) is 2. The fourth-order valence-electron chi connectivity index (χ4n) is 5.77. The Bertz CT molecular complexity index is 1570. The number of likely N-dealkylation sites (tertiary alicyclic amines) is 1. The zero-order valence-corrected chi connectivity index (χ0v) is 24.5. The highest BCUT2D eigenvalue weighted by molar-refractivity contribution is 6.06. The lowest BCUT2D eigenvalue weighted by atomic mass is 10.1. The summed E-state index contributed by atoms with van der Waals surface area (Å²) in [7, 11) is 1.36. The molecule has 0 aliphatic carbocycles. The van der Waals surface area contributed by atoms with E-state index in [2.05, 4.69) is 22.5 Å². The van der Waals surface area contributed by atoms with Gasteiger partial charge in [0.05, 0.1) is 36.4 Å². The molecular weight excluding hydrogens is 532 g/mol. The van der Waals surface area contributed by atoms with E-state index in [0.29, 0.717) is 56.9 Å². The monoisotopic (exact) mass is 572 g/mol. The number of anilines is 1.